The molecule has 0 saturated carbocycles. The molecule has 0 aliphatic heterocycles. The van der Waals surface area contributed by atoms with Crippen LogP contribution in [0.1, 0.15) is 41.6 Å². The van der Waals surface area contributed by atoms with E-state index in [0.29, 0.717) is 46.9 Å². The number of fused-ring (bicyclic) bond motifs is 1. The predicted octanol–water partition coefficient (Wildman–Crippen LogP) is 5.97. The lowest BCUT2D eigenvalue weighted by Crippen LogP contribution is -2.30. The van der Waals surface area contributed by atoms with Crippen LogP contribution >= 0.6 is 11.6 Å². The Balaban J connectivity index is 1.63. The van der Waals surface area contributed by atoms with Crippen LogP contribution in [0, 0.1) is 5.92 Å². The molecule has 6 nitrogen and oxygen atoms in total. The van der Waals surface area contributed by atoms with Crippen molar-refractivity contribution in [2.75, 3.05) is 13.7 Å². The summed E-state index contributed by atoms with van der Waals surface area (Å²) >= 11 is 6.47. The van der Waals surface area contributed by atoms with Gasteiger partial charge >= 0.3 is 0 Å². The first kappa shape index (κ1) is 23.6. The zero-order chi connectivity index (χ0) is 24.1. The first-order valence-corrected chi connectivity index (χ1v) is 11.6. The third-order valence-corrected chi connectivity index (χ3v) is 5.66. The molecular formula is C27H28ClN3O3. The number of halogens is 1. The van der Waals surface area contributed by atoms with Gasteiger partial charge in [0.2, 0.25) is 0 Å². The number of nitrogens with one attached hydrogen (secondary N) is 2. The minimum Gasteiger partial charge on any atom is -0.493 e. The fourth-order valence-electron chi connectivity index (χ4n) is 3.69. The van der Waals surface area contributed by atoms with Crippen molar-refractivity contribution in [1.82, 2.24) is 15.3 Å². The molecule has 1 aromatic heterocycles. The van der Waals surface area contributed by atoms with Crippen molar-refractivity contribution in [1.29, 1.82) is 0 Å². The number of nitrogens with zero attached hydrogens (tertiary/aromatic N) is 1. The van der Waals surface area contributed by atoms with Gasteiger partial charge in [0.1, 0.15) is 5.82 Å². The number of benzene rings is 3. The molecule has 0 unspecified atom stereocenters. The first-order valence-electron chi connectivity index (χ1n) is 11.2. The monoisotopic (exact) mass is 477 g/mol. The van der Waals surface area contributed by atoms with E-state index < -0.39 is 0 Å². The summed E-state index contributed by atoms with van der Waals surface area (Å²) in [5, 5.41) is 3.45. The number of imidazole rings is 1. The smallest absolute Gasteiger partial charge is 0.252 e. The number of ether oxygens (including phenoxy) is 2. The molecule has 1 heterocycles. The van der Waals surface area contributed by atoms with Gasteiger partial charge < -0.3 is 19.8 Å². The average molecular weight is 478 g/mol. The van der Waals surface area contributed by atoms with Crippen LogP contribution in [-0.4, -0.2) is 29.6 Å². The quantitative estimate of drug-likeness (QED) is 0.311. The number of hydrogen-bond donors (Lipinski definition) is 2. The lowest BCUT2D eigenvalue weighted by atomic mass is 10.0. The highest BCUT2D eigenvalue weighted by atomic mass is 35.5. The molecule has 4 aromatic rings. The third-order valence-electron chi connectivity index (χ3n) is 5.38. The van der Waals surface area contributed by atoms with Crippen LogP contribution in [0.15, 0.2) is 66.7 Å². The molecule has 0 fully saturated rings. The second-order valence-electron chi connectivity index (χ2n) is 8.55. The Morgan fingerprint density at radius 1 is 1.09 bits per heavy atom. The van der Waals surface area contributed by atoms with E-state index in [-0.39, 0.29) is 11.9 Å². The minimum absolute atomic E-state index is 0.281. The first-order chi connectivity index (χ1) is 16.4. The Morgan fingerprint density at radius 3 is 2.53 bits per heavy atom. The number of H-pyrrole nitrogens is 1. The molecule has 0 spiro atoms. The molecule has 3 aromatic carbocycles. The van der Waals surface area contributed by atoms with Crippen molar-refractivity contribution in [3.05, 3.63) is 88.7 Å². The van der Waals surface area contributed by atoms with Crippen molar-refractivity contribution in [2.24, 2.45) is 5.92 Å². The van der Waals surface area contributed by atoms with Crippen molar-refractivity contribution in [3.63, 3.8) is 0 Å². The highest BCUT2D eigenvalue weighted by molar-refractivity contribution is 6.32. The van der Waals surface area contributed by atoms with Crippen molar-refractivity contribution in [3.8, 4) is 11.5 Å². The summed E-state index contributed by atoms with van der Waals surface area (Å²) < 4.78 is 11.3. The Kier molecular flexibility index (Phi) is 7.38. The van der Waals surface area contributed by atoms with Gasteiger partial charge in [-0.15, -0.1) is 0 Å². The number of aromatic nitrogens is 2. The van der Waals surface area contributed by atoms with Crippen LogP contribution < -0.4 is 14.8 Å². The zero-order valence-corrected chi connectivity index (χ0v) is 20.2. The number of rotatable bonds is 9. The number of para-hydroxylation sites is 2. The molecule has 1 amide bonds. The molecule has 1 atom stereocenters. The van der Waals surface area contributed by atoms with E-state index in [1.165, 1.54) is 7.11 Å². The molecule has 176 valence electrons. The molecule has 0 bridgehead atoms. The second-order valence-corrected chi connectivity index (χ2v) is 8.96. The zero-order valence-electron chi connectivity index (χ0n) is 19.5. The van der Waals surface area contributed by atoms with Gasteiger partial charge in [-0.1, -0.05) is 67.9 Å². The van der Waals surface area contributed by atoms with E-state index in [1.54, 1.807) is 12.1 Å². The van der Waals surface area contributed by atoms with E-state index in [9.17, 15) is 4.79 Å². The fraction of sp³-hybridized carbons (Fsp3) is 0.259. The van der Waals surface area contributed by atoms with Gasteiger partial charge in [-0.25, -0.2) is 4.98 Å². The summed E-state index contributed by atoms with van der Waals surface area (Å²) in [7, 11) is 1.53. The van der Waals surface area contributed by atoms with Gasteiger partial charge in [0.25, 0.3) is 5.91 Å². The van der Waals surface area contributed by atoms with Crippen LogP contribution in [0.25, 0.3) is 11.0 Å². The summed E-state index contributed by atoms with van der Waals surface area (Å²) in [4.78, 5) is 21.4. The molecular weight excluding hydrogens is 450 g/mol. The normalized spacial score (nSPS) is 12.0. The Bertz CT molecular complexity index is 1240. The van der Waals surface area contributed by atoms with E-state index in [4.69, 9.17) is 26.1 Å². The summed E-state index contributed by atoms with van der Waals surface area (Å²) in [6.45, 7) is 4.59. The summed E-state index contributed by atoms with van der Waals surface area (Å²) in [5.41, 5.74) is 3.23. The minimum atomic E-state index is -0.371. The van der Waals surface area contributed by atoms with Crippen molar-refractivity contribution >= 4 is 28.5 Å². The standard InChI is InChI=1S/C27H28ClN3O3/c1-17(2)16-34-25-20(28)14-19(15-24(25)33-3)27(32)31-23(13-18-9-5-4-6-10-18)26-29-21-11-7-8-12-22(21)30-26/h4-12,14-15,17,23H,13,16H2,1-3H3,(H,29,30)(H,31,32)/t23-/m1/s1. The van der Waals surface area contributed by atoms with Crippen LogP contribution in [-0.2, 0) is 6.42 Å². The molecule has 2 N–H and O–H groups in total. The van der Waals surface area contributed by atoms with Crippen molar-refractivity contribution in [2.45, 2.75) is 26.3 Å². The van der Waals surface area contributed by atoms with Gasteiger partial charge in [0, 0.05) is 5.56 Å². The lowest BCUT2D eigenvalue weighted by Gasteiger charge is -2.19. The molecule has 0 saturated heterocycles. The van der Waals surface area contributed by atoms with Gasteiger partial charge in [-0.2, -0.15) is 0 Å². The second kappa shape index (κ2) is 10.6. The van der Waals surface area contributed by atoms with Crippen LogP contribution in [0.3, 0.4) is 0 Å². The van der Waals surface area contributed by atoms with E-state index in [0.717, 1.165) is 16.6 Å². The van der Waals surface area contributed by atoms with E-state index in [2.05, 4.69) is 10.3 Å². The number of carbonyl (C=O) groups is 1. The summed E-state index contributed by atoms with van der Waals surface area (Å²) in [5.74, 6) is 1.59. The molecule has 4 rings (SSSR count). The Hall–Kier alpha value is -3.51. The molecule has 0 radical (unpaired) electrons. The summed E-state index contributed by atoms with van der Waals surface area (Å²) in [6, 6.07) is 20.7. The van der Waals surface area contributed by atoms with Crippen LogP contribution in [0.4, 0.5) is 0 Å². The molecule has 0 aliphatic rings. The topological polar surface area (TPSA) is 76.2 Å². The number of methoxy groups -OCH3 is 1. The number of hydrogen-bond acceptors (Lipinski definition) is 4. The summed E-state index contributed by atoms with van der Waals surface area (Å²) in [6.07, 6.45) is 0.576. The highest BCUT2D eigenvalue weighted by Gasteiger charge is 2.22. The SMILES string of the molecule is COc1cc(C(=O)N[C@H](Cc2ccccc2)c2nc3ccccc3[nH]2)cc(Cl)c1OCC(C)C. The molecule has 7 heteroatoms. The van der Waals surface area contributed by atoms with E-state index >= 15 is 0 Å². The largest absolute Gasteiger partial charge is 0.493 e. The number of aromatic amines is 1. The van der Waals surface area contributed by atoms with E-state index in [1.807, 2.05) is 68.4 Å². The van der Waals surface area contributed by atoms with Gasteiger partial charge in [0.05, 0.1) is 35.8 Å². The van der Waals surface area contributed by atoms with Crippen LogP contribution in [0.5, 0.6) is 11.5 Å². The molecule has 0 aliphatic carbocycles. The number of carbonyl (C=O) groups excluding carboxylic acids is 1. The molecule has 34 heavy (non-hydrogen) atoms. The van der Waals surface area contributed by atoms with Crippen molar-refractivity contribution < 1.29 is 14.3 Å². The highest BCUT2D eigenvalue weighted by Crippen LogP contribution is 2.37. The lowest BCUT2D eigenvalue weighted by molar-refractivity contribution is 0.0934. The Morgan fingerprint density at radius 2 is 1.82 bits per heavy atom. The predicted molar refractivity (Wildman–Crippen MR) is 135 cm³/mol. The number of amides is 1. The van der Waals surface area contributed by atoms with Gasteiger partial charge in [-0.05, 0) is 42.2 Å². The van der Waals surface area contributed by atoms with Gasteiger partial charge in [0.15, 0.2) is 11.5 Å². The fourth-order valence-corrected chi connectivity index (χ4v) is 3.95. The van der Waals surface area contributed by atoms with Crippen LogP contribution in [0.2, 0.25) is 5.02 Å². The van der Waals surface area contributed by atoms with Gasteiger partial charge in [-0.3, -0.25) is 4.79 Å². The average Bonchev–Trinajstić information content (AvgIpc) is 3.27. The Labute approximate surface area is 204 Å². The third kappa shape index (κ3) is 5.51. The maximum atomic E-state index is 13.3. The maximum Gasteiger partial charge on any atom is 0.252 e. The maximum absolute atomic E-state index is 13.3.